The quantitative estimate of drug-likeness (QED) is 0.840. The topological polar surface area (TPSA) is 67.4 Å². The molecular formula is C13H14Cl2N2O3. The molecule has 0 radical (unpaired) electrons. The van der Waals surface area contributed by atoms with Crippen molar-refractivity contribution >= 4 is 35.0 Å². The molecule has 0 heterocycles. The maximum absolute atomic E-state index is 11.5. The summed E-state index contributed by atoms with van der Waals surface area (Å²) in [5.41, 5.74) is 0. The highest BCUT2D eigenvalue weighted by Crippen LogP contribution is 2.27. The Labute approximate surface area is 126 Å². The molecule has 5 nitrogen and oxygen atoms in total. The van der Waals surface area contributed by atoms with E-state index in [0.29, 0.717) is 15.8 Å². The lowest BCUT2D eigenvalue weighted by Crippen LogP contribution is -2.39. The SMILES string of the molecule is O=C(COc1cc(Cl)ccc1Cl)NCC(=O)NC1CC1. The Morgan fingerprint density at radius 2 is 2.00 bits per heavy atom. The molecule has 0 saturated heterocycles. The van der Waals surface area contributed by atoms with Crippen molar-refractivity contribution in [2.45, 2.75) is 18.9 Å². The van der Waals surface area contributed by atoms with Gasteiger partial charge in [-0.2, -0.15) is 0 Å². The van der Waals surface area contributed by atoms with Crippen LogP contribution in [0.3, 0.4) is 0 Å². The van der Waals surface area contributed by atoms with Gasteiger partial charge < -0.3 is 15.4 Å². The van der Waals surface area contributed by atoms with Gasteiger partial charge in [0.1, 0.15) is 5.75 Å². The number of benzene rings is 1. The first-order chi connectivity index (χ1) is 9.54. The highest BCUT2D eigenvalue weighted by atomic mass is 35.5. The highest BCUT2D eigenvalue weighted by Gasteiger charge is 2.23. The van der Waals surface area contributed by atoms with Crippen LogP contribution in [0.4, 0.5) is 0 Å². The maximum Gasteiger partial charge on any atom is 0.258 e. The first kappa shape index (κ1) is 14.9. The molecule has 2 rings (SSSR count). The van der Waals surface area contributed by atoms with Crippen molar-refractivity contribution in [3.05, 3.63) is 28.2 Å². The third-order valence-corrected chi connectivity index (χ3v) is 3.19. The maximum atomic E-state index is 11.5. The van der Waals surface area contributed by atoms with E-state index < -0.39 is 5.91 Å². The molecule has 0 aromatic heterocycles. The van der Waals surface area contributed by atoms with Crippen molar-refractivity contribution in [1.29, 1.82) is 0 Å². The van der Waals surface area contributed by atoms with E-state index in [2.05, 4.69) is 10.6 Å². The fourth-order valence-corrected chi connectivity index (χ4v) is 1.80. The van der Waals surface area contributed by atoms with Crippen LogP contribution in [-0.2, 0) is 9.59 Å². The molecule has 1 aromatic carbocycles. The third-order valence-electron chi connectivity index (χ3n) is 2.64. The molecule has 0 atom stereocenters. The monoisotopic (exact) mass is 316 g/mol. The van der Waals surface area contributed by atoms with Gasteiger partial charge in [0.15, 0.2) is 6.61 Å². The van der Waals surface area contributed by atoms with Gasteiger partial charge in [-0.05, 0) is 25.0 Å². The molecule has 20 heavy (non-hydrogen) atoms. The second-order valence-corrected chi connectivity index (χ2v) is 5.33. The summed E-state index contributed by atoms with van der Waals surface area (Å²) >= 11 is 11.7. The van der Waals surface area contributed by atoms with Gasteiger partial charge in [-0.1, -0.05) is 23.2 Å². The molecule has 0 spiro atoms. The van der Waals surface area contributed by atoms with Crippen LogP contribution in [0.2, 0.25) is 10.0 Å². The molecule has 1 aliphatic carbocycles. The predicted molar refractivity (Wildman–Crippen MR) is 76.1 cm³/mol. The Kier molecular flexibility index (Phi) is 5.09. The number of halogens is 2. The number of carbonyl (C=O) groups excluding carboxylic acids is 2. The van der Waals surface area contributed by atoms with Crippen LogP contribution in [-0.4, -0.2) is 31.0 Å². The van der Waals surface area contributed by atoms with Gasteiger partial charge in [0.2, 0.25) is 5.91 Å². The zero-order chi connectivity index (χ0) is 14.5. The minimum Gasteiger partial charge on any atom is -0.482 e. The van der Waals surface area contributed by atoms with Crippen LogP contribution in [0.5, 0.6) is 5.75 Å². The van der Waals surface area contributed by atoms with Crippen molar-refractivity contribution in [3.8, 4) is 5.75 Å². The van der Waals surface area contributed by atoms with Crippen LogP contribution >= 0.6 is 23.2 Å². The highest BCUT2D eigenvalue weighted by molar-refractivity contribution is 6.34. The fraction of sp³-hybridized carbons (Fsp3) is 0.385. The largest absolute Gasteiger partial charge is 0.482 e. The summed E-state index contributed by atoms with van der Waals surface area (Å²) < 4.78 is 5.24. The number of hydrogen-bond acceptors (Lipinski definition) is 3. The Bertz CT molecular complexity index is 518. The molecule has 0 bridgehead atoms. The average Bonchev–Trinajstić information content (AvgIpc) is 3.21. The number of amides is 2. The first-order valence-electron chi connectivity index (χ1n) is 6.18. The van der Waals surface area contributed by atoms with E-state index in [-0.39, 0.29) is 25.1 Å². The van der Waals surface area contributed by atoms with Crippen LogP contribution < -0.4 is 15.4 Å². The van der Waals surface area contributed by atoms with Crippen molar-refractivity contribution in [1.82, 2.24) is 10.6 Å². The van der Waals surface area contributed by atoms with E-state index in [4.69, 9.17) is 27.9 Å². The van der Waals surface area contributed by atoms with Gasteiger partial charge in [-0.3, -0.25) is 9.59 Å². The second-order valence-electron chi connectivity index (χ2n) is 4.48. The average molecular weight is 317 g/mol. The van der Waals surface area contributed by atoms with Gasteiger partial charge in [0, 0.05) is 17.1 Å². The van der Waals surface area contributed by atoms with Crippen molar-refractivity contribution < 1.29 is 14.3 Å². The first-order valence-corrected chi connectivity index (χ1v) is 6.94. The van der Waals surface area contributed by atoms with Crippen molar-refractivity contribution in [3.63, 3.8) is 0 Å². The third kappa shape index (κ3) is 4.90. The molecule has 1 saturated carbocycles. The number of hydrogen-bond donors (Lipinski definition) is 2. The zero-order valence-corrected chi connectivity index (χ0v) is 12.1. The van der Waals surface area contributed by atoms with Crippen molar-refractivity contribution in [2.75, 3.05) is 13.2 Å². The normalized spacial score (nSPS) is 13.7. The lowest BCUT2D eigenvalue weighted by atomic mass is 10.3. The van der Waals surface area contributed by atoms with Crippen LogP contribution in [0.1, 0.15) is 12.8 Å². The van der Waals surface area contributed by atoms with Gasteiger partial charge in [-0.15, -0.1) is 0 Å². The van der Waals surface area contributed by atoms with Gasteiger partial charge in [0.25, 0.3) is 5.91 Å². The molecule has 7 heteroatoms. The Balaban J connectivity index is 1.71. The Morgan fingerprint density at radius 3 is 2.70 bits per heavy atom. The lowest BCUT2D eigenvalue weighted by molar-refractivity contribution is -0.127. The van der Waals surface area contributed by atoms with Crippen molar-refractivity contribution in [2.24, 2.45) is 0 Å². The molecule has 1 aromatic rings. The summed E-state index contributed by atoms with van der Waals surface area (Å²) in [4.78, 5) is 22.9. The summed E-state index contributed by atoms with van der Waals surface area (Å²) in [6.07, 6.45) is 2.02. The molecule has 1 aliphatic rings. The minimum atomic E-state index is -0.396. The molecule has 2 amide bonds. The van der Waals surface area contributed by atoms with Gasteiger partial charge in [-0.25, -0.2) is 0 Å². The predicted octanol–water partition coefficient (Wildman–Crippen LogP) is 1.77. The molecule has 108 valence electrons. The molecule has 0 aliphatic heterocycles. The van der Waals surface area contributed by atoms with Crippen LogP contribution in [0.15, 0.2) is 18.2 Å². The van der Waals surface area contributed by atoms with E-state index >= 15 is 0 Å². The molecule has 2 N–H and O–H groups in total. The van der Waals surface area contributed by atoms with Crippen LogP contribution in [0.25, 0.3) is 0 Å². The number of nitrogens with one attached hydrogen (secondary N) is 2. The van der Waals surface area contributed by atoms with Crippen LogP contribution in [0, 0.1) is 0 Å². The zero-order valence-electron chi connectivity index (χ0n) is 10.6. The Morgan fingerprint density at radius 1 is 1.25 bits per heavy atom. The van der Waals surface area contributed by atoms with E-state index in [9.17, 15) is 9.59 Å². The fourth-order valence-electron chi connectivity index (χ4n) is 1.47. The second kappa shape index (κ2) is 6.81. The summed E-state index contributed by atoms with van der Waals surface area (Å²) in [6, 6.07) is 5.01. The summed E-state index contributed by atoms with van der Waals surface area (Å²) in [5, 5.41) is 6.07. The number of rotatable bonds is 6. The smallest absolute Gasteiger partial charge is 0.258 e. The number of ether oxygens (including phenoxy) is 1. The van der Waals surface area contributed by atoms with E-state index in [1.165, 1.54) is 6.07 Å². The van der Waals surface area contributed by atoms with E-state index in [1.54, 1.807) is 12.1 Å². The molecular weight excluding hydrogens is 303 g/mol. The summed E-state index contributed by atoms with van der Waals surface area (Å²) in [7, 11) is 0. The summed E-state index contributed by atoms with van der Waals surface area (Å²) in [5.74, 6) is -0.259. The van der Waals surface area contributed by atoms with E-state index in [1.807, 2.05) is 0 Å². The lowest BCUT2D eigenvalue weighted by Gasteiger charge is -2.09. The van der Waals surface area contributed by atoms with Gasteiger partial charge >= 0.3 is 0 Å². The van der Waals surface area contributed by atoms with Gasteiger partial charge in [0.05, 0.1) is 11.6 Å². The standard InChI is InChI=1S/C13H14Cl2N2O3/c14-8-1-4-10(15)11(5-8)20-7-13(19)16-6-12(18)17-9-2-3-9/h1,4-5,9H,2-3,6-7H2,(H,16,19)(H,17,18). The molecule has 1 fully saturated rings. The Hall–Kier alpha value is -1.46. The van der Waals surface area contributed by atoms with E-state index in [0.717, 1.165) is 12.8 Å². The number of carbonyl (C=O) groups is 2. The summed E-state index contributed by atoms with van der Waals surface area (Å²) in [6.45, 7) is -0.279. The molecule has 0 unspecified atom stereocenters. The minimum absolute atomic E-state index is 0.0536.